The Morgan fingerprint density at radius 3 is 2.47 bits per heavy atom. The Balaban J connectivity index is 3.13. The molecule has 0 heterocycles. The number of para-hydroxylation sites is 1. The second-order valence-electron chi connectivity index (χ2n) is 4.22. The van der Waals surface area contributed by atoms with Gasteiger partial charge in [0.2, 0.25) is 0 Å². The van der Waals surface area contributed by atoms with Gasteiger partial charge in [0, 0.05) is 5.41 Å². The number of thiocarbonyl (C=S) groups is 1. The van der Waals surface area contributed by atoms with Crippen LogP contribution in [0.4, 0.5) is 5.69 Å². The van der Waals surface area contributed by atoms with Crippen LogP contribution in [-0.2, 0) is 0 Å². The van der Waals surface area contributed by atoms with Crippen molar-refractivity contribution < 1.29 is 0 Å². The maximum absolute atomic E-state index is 4.59. The molecule has 0 atom stereocenters. The first-order valence-electron chi connectivity index (χ1n) is 4.73. The number of hydrogen-bond acceptors (Lipinski definition) is 2. The summed E-state index contributed by atoms with van der Waals surface area (Å²) in [7, 11) is 0. The molecule has 1 nitrogen and oxygen atoms in total. The second-order valence-corrected chi connectivity index (χ2v) is 4.40. The van der Waals surface area contributed by atoms with Crippen molar-refractivity contribution >= 4 is 23.1 Å². The van der Waals surface area contributed by atoms with Gasteiger partial charge in [0.15, 0.2) is 0 Å². The topological polar surface area (TPSA) is 12.4 Å². The van der Waals surface area contributed by atoms with Gasteiger partial charge in [0.25, 0.3) is 0 Å². The molecule has 1 aromatic carbocycles. The van der Waals surface area contributed by atoms with Crippen molar-refractivity contribution in [3.63, 3.8) is 0 Å². The molecule has 76 valence electrons. The van der Waals surface area contributed by atoms with Gasteiger partial charge in [0.05, 0.1) is 16.4 Å². The predicted molar refractivity (Wildman–Crippen MR) is 67.5 cm³/mol. The standard InChI is InChI=1S/C13H13NS/c1-13(2,3)9-8-11-6-4-5-7-12(11)14-10-15/h4-7H,1-3H3. The van der Waals surface area contributed by atoms with E-state index >= 15 is 0 Å². The molecule has 0 amide bonds. The first-order valence-corrected chi connectivity index (χ1v) is 5.14. The van der Waals surface area contributed by atoms with Gasteiger partial charge in [-0.1, -0.05) is 24.0 Å². The van der Waals surface area contributed by atoms with Crippen LogP contribution in [0.5, 0.6) is 0 Å². The lowest BCUT2D eigenvalue weighted by molar-refractivity contribution is 0.571. The molecule has 0 aliphatic carbocycles. The third-order valence-electron chi connectivity index (χ3n) is 1.64. The monoisotopic (exact) mass is 215 g/mol. The molecule has 0 aromatic heterocycles. The molecule has 0 saturated carbocycles. The van der Waals surface area contributed by atoms with Gasteiger partial charge in [-0.15, -0.1) is 0 Å². The molecule has 0 bridgehead atoms. The molecule has 1 aromatic rings. The minimum Gasteiger partial charge on any atom is -0.193 e. The number of nitrogens with zero attached hydrogens (tertiary/aromatic N) is 1. The minimum absolute atomic E-state index is 0.00545. The third-order valence-corrected chi connectivity index (χ3v) is 1.73. The number of aliphatic imine (C=N–C) groups is 1. The van der Waals surface area contributed by atoms with Gasteiger partial charge in [-0.05, 0) is 45.1 Å². The van der Waals surface area contributed by atoms with E-state index in [0.717, 1.165) is 11.3 Å². The van der Waals surface area contributed by atoms with E-state index in [9.17, 15) is 0 Å². The summed E-state index contributed by atoms with van der Waals surface area (Å²) in [5.74, 6) is 6.27. The van der Waals surface area contributed by atoms with Crippen LogP contribution in [0.15, 0.2) is 29.3 Å². The van der Waals surface area contributed by atoms with Crippen molar-refractivity contribution in [2.75, 3.05) is 0 Å². The lowest BCUT2D eigenvalue weighted by Crippen LogP contribution is -1.99. The second kappa shape index (κ2) is 4.89. The highest BCUT2D eigenvalue weighted by molar-refractivity contribution is 7.78. The molecule has 0 unspecified atom stereocenters. The Bertz CT molecular complexity index is 451. The molecule has 0 N–H and O–H groups in total. The van der Waals surface area contributed by atoms with Crippen LogP contribution in [0.1, 0.15) is 26.3 Å². The average molecular weight is 215 g/mol. The van der Waals surface area contributed by atoms with Crippen LogP contribution in [-0.4, -0.2) is 5.16 Å². The van der Waals surface area contributed by atoms with Crippen molar-refractivity contribution in [2.24, 2.45) is 10.4 Å². The van der Waals surface area contributed by atoms with Crippen molar-refractivity contribution in [2.45, 2.75) is 20.8 Å². The van der Waals surface area contributed by atoms with Gasteiger partial charge in [-0.2, -0.15) is 4.99 Å². The first-order chi connectivity index (χ1) is 7.03. The van der Waals surface area contributed by atoms with E-state index in [2.05, 4.69) is 55.0 Å². The fourth-order valence-corrected chi connectivity index (χ4v) is 1.08. The molecular formula is C13H13NS. The van der Waals surface area contributed by atoms with Crippen LogP contribution in [0.25, 0.3) is 0 Å². The SMILES string of the molecule is CC(C)(C)C#Cc1ccccc1N=C=S. The van der Waals surface area contributed by atoms with Crippen LogP contribution in [0.3, 0.4) is 0 Å². The number of hydrogen-bond donors (Lipinski definition) is 0. The van der Waals surface area contributed by atoms with E-state index in [1.54, 1.807) is 0 Å². The van der Waals surface area contributed by atoms with Crippen LogP contribution >= 0.6 is 12.2 Å². The molecule has 15 heavy (non-hydrogen) atoms. The molecule has 0 saturated heterocycles. The highest BCUT2D eigenvalue weighted by Crippen LogP contribution is 2.18. The zero-order chi connectivity index (χ0) is 11.3. The van der Waals surface area contributed by atoms with Crippen LogP contribution < -0.4 is 0 Å². The number of isothiocyanates is 1. The van der Waals surface area contributed by atoms with Crippen LogP contribution in [0, 0.1) is 17.3 Å². The van der Waals surface area contributed by atoms with E-state index in [1.165, 1.54) is 0 Å². The molecule has 2 heteroatoms. The van der Waals surface area contributed by atoms with Gasteiger partial charge >= 0.3 is 0 Å². The van der Waals surface area contributed by atoms with Gasteiger partial charge in [-0.25, -0.2) is 0 Å². The summed E-state index contributed by atoms with van der Waals surface area (Å²) < 4.78 is 0. The predicted octanol–water partition coefficient (Wildman–Crippen LogP) is 3.82. The number of benzene rings is 1. The summed E-state index contributed by atoms with van der Waals surface area (Å²) in [6, 6.07) is 7.67. The summed E-state index contributed by atoms with van der Waals surface area (Å²) in [5.41, 5.74) is 1.67. The van der Waals surface area contributed by atoms with E-state index in [4.69, 9.17) is 0 Å². The van der Waals surface area contributed by atoms with Gasteiger partial charge in [-0.3, -0.25) is 0 Å². The maximum Gasteiger partial charge on any atom is 0.0895 e. The summed E-state index contributed by atoms with van der Waals surface area (Å²) in [6.07, 6.45) is 0. The molecule has 0 aliphatic heterocycles. The zero-order valence-corrected chi connectivity index (χ0v) is 9.98. The van der Waals surface area contributed by atoms with Crippen molar-refractivity contribution in [3.8, 4) is 11.8 Å². The third kappa shape index (κ3) is 4.08. The fourth-order valence-electron chi connectivity index (χ4n) is 0.981. The van der Waals surface area contributed by atoms with Crippen molar-refractivity contribution in [1.82, 2.24) is 0 Å². The highest BCUT2D eigenvalue weighted by atomic mass is 32.1. The highest BCUT2D eigenvalue weighted by Gasteiger charge is 2.04. The lowest BCUT2D eigenvalue weighted by Gasteiger charge is -2.07. The first kappa shape index (κ1) is 11.7. The summed E-state index contributed by atoms with van der Waals surface area (Å²) >= 11 is 4.59. The smallest absolute Gasteiger partial charge is 0.0895 e. The Kier molecular flexibility index (Phi) is 3.80. The normalized spacial score (nSPS) is 9.80. The Labute approximate surface area is 96.2 Å². The molecule has 0 spiro atoms. The molecule has 0 radical (unpaired) electrons. The lowest BCUT2D eigenvalue weighted by atomic mass is 9.97. The molecule has 0 aliphatic rings. The Morgan fingerprint density at radius 1 is 1.20 bits per heavy atom. The van der Waals surface area contributed by atoms with E-state index in [0.29, 0.717) is 0 Å². The fraction of sp³-hybridized carbons (Fsp3) is 0.308. The summed E-state index contributed by atoms with van der Waals surface area (Å²) in [4.78, 5) is 3.97. The quantitative estimate of drug-likeness (QED) is 0.394. The largest absolute Gasteiger partial charge is 0.193 e. The van der Waals surface area contributed by atoms with Gasteiger partial charge in [0.1, 0.15) is 0 Å². The van der Waals surface area contributed by atoms with E-state index < -0.39 is 0 Å². The zero-order valence-electron chi connectivity index (χ0n) is 9.16. The van der Waals surface area contributed by atoms with Gasteiger partial charge < -0.3 is 0 Å². The maximum atomic E-state index is 4.59. The molecule has 0 fully saturated rings. The molecule has 1 rings (SSSR count). The molecular weight excluding hydrogens is 202 g/mol. The van der Waals surface area contributed by atoms with E-state index in [-0.39, 0.29) is 5.41 Å². The van der Waals surface area contributed by atoms with Crippen molar-refractivity contribution in [3.05, 3.63) is 29.8 Å². The average Bonchev–Trinajstić information content (AvgIpc) is 2.16. The van der Waals surface area contributed by atoms with Crippen molar-refractivity contribution in [1.29, 1.82) is 0 Å². The Morgan fingerprint density at radius 2 is 1.87 bits per heavy atom. The minimum atomic E-state index is -0.00545. The van der Waals surface area contributed by atoms with Crippen LogP contribution in [0.2, 0.25) is 0 Å². The number of rotatable bonds is 1. The summed E-state index contributed by atoms with van der Waals surface area (Å²) in [6.45, 7) is 6.22. The van der Waals surface area contributed by atoms with E-state index in [1.807, 2.05) is 24.3 Å². The summed E-state index contributed by atoms with van der Waals surface area (Å²) in [5, 5.41) is 2.36. The Hall–Kier alpha value is -1.42.